The summed E-state index contributed by atoms with van der Waals surface area (Å²) in [6, 6.07) is 19.0. The van der Waals surface area contributed by atoms with Crippen LogP contribution in [0.4, 0.5) is 17.5 Å². The first kappa shape index (κ1) is 21.3. The highest BCUT2D eigenvalue weighted by Gasteiger charge is 2.21. The molecule has 0 unspecified atom stereocenters. The molecular formula is C26H29N5O2. The van der Waals surface area contributed by atoms with Crippen LogP contribution < -0.4 is 10.2 Å². The van der Waals surface area contributed by atoms with E-state index in [2.05, 4.69) is 58.7 Å². The molecule has 0 spiro atoms. The van der Waals surface area contributed by atoms with Crippen molar-refractivity contribution in [2.45, 2.75) is 26.3 Å². The lowest BCUT2D eigenvalue weighted by molar-refractivity contribution is 0.122. The van der Waals surface area contributed by atoms with Crippen molar-refractivity contribution in [3.8, 4) is 5.88 Å². The number of aromatic hydroxyl groups is 1. The first-order valence-corrected chi connectivity index (χ1v) is 11.4. The molecule has 2 N–H and O–H groups in total. The van der Waals surface area contributed by atoms with Crippen LogP contribution in [0.2, 0.25) is 0 Å². The number of ether oxygens (including phenoxy) is 1. The van der Waals surface area contributed by atoms with Gasteiger partial charge in [0.2, 0.25) is 11.8 Å². The van der Waals surface area contributed by atoms with Crippen molar-refractivity contribution < 1.29 is 9.84 Å². The van der Waals surface area contributed by atoms with Crippen molar-refractivity contribution in [1.29, 1.82) is 0 Å². The highest BCUT2D eigenvalue weighted by Crippen LogP contribution is 2.35. The van der Waals surface area contributed by atoms with Crippen molar-refractivity contribution in [3.05, 3.63) is 71.9 Å². The Balaban J connectivity index is 1.47. The quantitative estimate of drug-likeness (QED) is 0.442. The Hall–Kier alpha value is -3.58. The van der Waals surface area contributed by atoms with Gasteiger partial charge in [-0.25, -0.2) is 4.98 Å². The lowest BCUT2D eigenvalue weighted by Crippen LogP contribution is -2.37. The van der Waals surface area contributed by atoms with Crippen LogP contribution >= 0.6 is 0 Å². The number of aromatic nitrogens is 3. The van der Waals surface area contributed by atoms with Crippen LogP contribution in [0.3, 0.4) is 0 Å². The van der Waals surface area contributed by atoms with E-state index in [-0.39, 0.29) is 11.9 Å². The summed E-state index contributed by atoms with van der Waals surface area (Å²) in [4.78, 5) is 11.7. The molecule has 1 aliphatic rings. The molecule has 7 heteroatoms. The first-order chi connectivity index (χ1) is 16.1. The zero-order valence-corrected chi connectivity index (χ0v) is 19.0. The van der Waals surface area contributed by atoms with Gasteiger partial charge in [-0.3, -0.25) is 0 Å². The van der Waals surface area contributed by atoms with Crippen LogP contribution in [-0.2, 0) is 11.2 Å². The molecule has 0 atom stereocenters. The van der Waals surface area contributed by atoms with Crippen LogP contribution in [0.1, 0.15) is 31.0 Å². The Labute approximate surface area is 193 Å². The molecule has 2 aromatic carbocycles. The van der Waals surface area contributed by atoms with Crippen molar-refractivity contribution in [1.82, 2.24) is 14.5 Å². The maximum Gasteiger partial charge on any atom is 0.228 e. The number of benzene rings is 2. The van der Waals surface area contributed by atoms with E-state index in [0.717, 1.165) is 30.6 Å². The van der Waals surface area contributed by atoms with Gasteiger partial charge in [0.25, 0.3) is 0 Å². The fourth-order valence-electron chi connectivity index (χ4n) is 4.14. The molecule has 0 saturated carbocycles. The maximum absolute atomic E-state index is 10.9. The van der Waals surface area contributed by atoms with E-state index < -0.39 is 0 Å². The fourth-order valence-corrected chi connectivity index (χ4v) is 4.14. The molecule has 1 fully saturated rings. The molecule has 170 valence electrons. The molecule has 33 heavy (non-hydrogen) atoms. The smallest absolute Gasteiger partial charge is 0.228 e. The summed E-state index contributed by atoms with van der Waals surface area (Å²) in [5, 5.41) is 15.1. The van der Waals surface area contributed by atoms with Gasteiger partial charge in [0, 0.05) is 31.0 Å². The van der Waals surface area contributed by atoms with Crippen molar-refractivity contribution >= 4 is 28.4 Å². The predicted octanol–water partition coefficient (Wildman–Crippen LogP) is 4.89. The number of nitrogens with zero attached hydrogens (tertiary/aromatic N) is 4. The Morgan fingerprint density at radius 3 is 2.36 bits per heavy atom. The van der Waals surface area contributed by atoms with Crippen LogP contribution in [0, 0.1) is 0 Å². The zero-order chi connectivity index (χ0) is 22.8. The lowest BCUT2D eigenvalue weighted by atomic mass is 10.0. The third kappa shape index (κ3) is 4.50. The normalized spacial score (nSPS) is 14.2. The molecule has 5 rings (SSSR count). The van der Waals surface area contributed by atoms with Crippen molar-refractivity contribution in [2.75, 3.05) is 36.5 Å². The minimum Gasteiger partial charge on any atom is -0.493 e. The van der Waals surface area contributed by atoms with E-state index in [1.165, 1.54) is 11.1 Å². The van der Waals surface area contributed by atoms with Gasteiger partial charge in [0.1, 0.15) is 11.3 Å². The molecule has 1 aliphatic heterocycles. The molecule has 0 bridgehead atoms. The van der Waals surface area contributed by atoms with Gasteiger partial charge < -0.3 is 24.6 Å². The molecular weight excluding hydrogens is 414 g/mol. The van der Waals surface area contributed by atoms with Gasteiger partial charge in [-0.2, -0.15) is 4.98 Å². The highest BCUT2D eigenvalue weighted by atomic mass is 16.5. The molecule has 3 heterocycles. The largest absolute Gasteiger partial charge is 0.493 e. The summed E-state index contributed by atoms with van der Waals surface area (Å²) < 4.78 is 7.31. The Morgan fingerprint density at radius 2 is 1.67 bits per heavy atom. The third-order valence-corrected chi connectivity index (χ3v) is 5.98. The second-order valence-electron chi connectivity index (χ2n) is 8.67. The van der Waals surface area contributed by atoms with Crippen LogP contribution in [0.25, 0.3) is 10.9 Å². The van der Waals surface area contributed by atoms with Gasteiger partial charge in [0.05, 0.1) is 18.6 Å². The number of hydrogen-bond acceptors (Lipinski definition) is 6. The average Bonchev–Trinajstić information content (AvgIpc) is 3.19. The Bertz CT molecular complexity index is 1230. The van der Waals surface area contributed by atoms with Gasteiger partial charge >= 0.3 is 0 Å². The fraction of sp³-hybridized carbons (Fsp3) is 0.308. The van der Waals surface area contributed by atoms with E-state index in [0.29, 0.717) is 30.5 Å². The van der Waals surface area contributed by atoms with Crippen molar-refractivity contribution in [3.63, 3.8) is 0 Å². The molecule has 2 aromatic heterocycles. The number of rotatable bonds is 6. The van der Waals surface area contributed by atoms with E-state index in [9.17, 15) is 5.11 Å². The van der Waals surface area contributed by atoms with Crippen LogP contribution in [0.5, 0.6) is 5.88 Å². The number of anilines is 3. The molecule has 4 aromatic rings. The molecule has 0 radical (unpaired) electrons. The summed E-state index contributed by atoms with van der Waals surface area (Å²) in [6.45, 7) is 6.81. The van der Waals surface area contributed by atoms with Gasteiger partial charge in [-0.05, 0) is 43.5 Å². The monoisotopic (exact) mass is 443 g/mol. The van der Waals surface area contributed by atoms with Crippen LogP contribution in [-0.4, -0.2) is 45.9 Å². The van der Waals surface area contributed by atoms with Gasteiger partial charge in [0.15, 0.2) is 0 Å². The Morgan fingerprint density at radius 1 is 0.970 bits per heavy atom. The topological polar surface area (TPSA) is 75.4 Å². The van der Waals surface area contributed by atoms with Crippen molar-refractivity contribution in [2.24, 2.45) is 0 Å². The minimum absolute atomic E-state index is 0.108. The maximum atomic E-state index is 10.9. The van der Waals surface area contributed by atoms with Gasteiger partial charge in [-0.15, -0.1) is 0 Å². The summed E-state index contributed by atoms with van der Waals surface area (Å²) in [7, 11) is 0. The highest BCUT2D eigenvalue weighted by molar-refractivity contribution is 5.95. The van der Waals surface area contributed by atoms with Gasteiger partial charge in [-0.1, -0.05) is 42.5 Å². The van der Waals surface area contributed by atoms with Crippen LogP contribution in [0.15, 0.2) is 60.8 Å². The summed E-state index contributed by atoms with van der Waals surface area (Å²) in [6.07, 6.45) is 2.82. The number of hydrogen-bond donors (Lipinski definition) is 2. The molecule has 0 amide bonds. The molecule has 0 aliphatic carbocycles. The first-order valence-electron chi connectivity index (χ1n) is 11.4. The number of morpholine rings is 1. The zero-order valence-electron chi connectivity index (χ0n) is 19.0. The Kier molecular flexibility index (Phi) is 5.88. The molecule has 7 nitrogen and oxygen atoms in total. The van der Waals surface area contributed by atoms with E-state index in [1.54, 1.807) is 0 Å². The lowest BCUT2D eigenvalue weighted by Gasteiger charge is -2.27. The number of nitrogens with one attached hydrogen (secondary N) is 1. The number of fused-ring (bicyclic) bond motifs is 1. The molecule has 1 saturated heterocycles. The van der Waals surface area contributed by atoms with E-state index >= 15 is 0 Å². The second-order valence-corrected chi connectivity index (χ2v) is 8.67. The summed E-state index contributed by atoms with van der Waals surface area (Å²) >= 11 is 0. The van der Waals surface area contributed by atoms with E-state index in [4.69, 9.17) is 14.7 Å². The third-order valence-electron chi connectivity index (χ3n) is 5.98. The second kappa shape index (κ2) is 9.11. The van der Waals surface area contributed by atoms with E-state index in [1.807, 2.05) is 30.7 Å². The standard InChI is InChI=1S/C26H29N5O2/c1-18(2)31-17-22-23(25(31)32)28-26(30-12-14-33-15-13-30)29-24(22)27-21-10-8-20(9-11-21)16-19-6-4-3-5-7-19/h3-11,17-18,32H,12-16H2,1-2H3,(H,27,28,29). The summed E-state index contributed by atoms with van der Waals surface area (Å²) in [5.74, 6) is 1.45. The summed E-state index contributed by atoms with van der Waals surface area (Å²) in [5.41, 5.74) is 4.04. The predicted molar refractivity (Wildman–Crippen MR) is 132 cm³/mol. The average molecular weight is 444 g/mol. The minimum atomic E-state index is 0.108. The SMILES string of the molecule is CC(C)n1cc2c(Nc3ccc(Cc4ccccc4)cc3)nc(N3CCOCC3)nc2c1O.